The molecule has 1 aromatic heterocycles. The molecule has 0 bridgehead atoms. The predicted octanol–water partition coefficient (Wildman–Crippen LogP) is 5.02. The lowest BCUT2D eigenvalue weighted by molar-refractivity contribution is -0.134. The lowest BCUT2D eigenvalue weighted by Crippen LogP contribution is -2.48. The first-order chi connectivity index (χ1) is 19.5. The normalized spacial score (nSPS) is 16.9. The van der Waals surface area contributed by atoms with Gasteiger partial charge in [-0.25, -0.2) is 4.98 Å². The molecule has 0 atom stereocenters. The second kappa shape index (κ2) is 13.2. The molecule has 2 aliphatic heterocycles. The van der Waals surface area contributed by atoms with E-state index in [4.69, 9.17) is 9.72 Å². The van der Waals surface area contributed by atoms with Crippen LogP contribution in [-0.2, 0) is 4.79 Å². The van der Waals surface area contributed by atoms with E-state index in [1.807, 2.05) is 58.5 Å². The van der Waals surface area contributed by atoms with Crippen LogP contribution in [0.3, 0.4) is 0 Å². The summed E-state index contributed by atoms with van der Waals surface area (Å²) in [7, 11) is 0. The van der Waals surface area contributed by atoms with E-state index in [9.17, 15) is 9.59 Å². The minimum Gasteiger partial charge on any atom is -0.484 e. The van der Waals surface area contributed by atoms with Gasteiger partial charge in [-0.3, -0.25) is 14.5 Å². The van der Waals surface area contributed by atoms with E-state index in [2.05, 4.69) is 36.1 Å². The molecule has 2 saturated heterocycles. The highest BCUT2D eigenvalue weighted by atomic mass is 32.1. The average Bonchev–Trinajstić information content (AvgIpc) is 3.49. The lowest BCUT2D eigenvalue weighted by atomic mass is 9.97. The Hall–Kier alpha value is -3.49. The van der Waals surface area contributed by atoms with Crippen LogP contribution in [0.15, 0.2) is 60.0 Å². The highest BCUT2D eigenvalue weighted by Crippen LogP contribution is 2.31. The summed E-state index contributed by atoms with van der Waals surface area (Å²) in [6.45, 7) is 9.57. The Balaban J connectivity index is 1.04. The topological polar surface area (TPSA) is 66.0 Å². The van der Waals surface area contributed by atoms with Gasteiger partial charge in [-0.1, -0.05) is 48.6 Å². The molecule has 2 fully saturated rings. The molecule has 3 aromatic rings. The van der Waals surface area contributed by atoms with E-state index < -0.39 is 0 Å². The fourth-order valence-corrected chi connectivity index (χ4v) is 6.15. The summed E-state index contributed by atoms with van der Waals surface area (Å²) in [5.74, 6) is 1.05. The first-order valence-electron chi connectivity index (χ1n) is 14.1. The number of amides is 2. The van der Waals surface area contributed by atoms with Crippen molar-refractivity contribution in [2.24, 2.45) is 0 Å². The number of likely N-dealkylation sites (tertiary alicyclic amines) is 1. The zero-order valence-electron chi connectivity index (χ0n) is 23.4. The quantitative estimate of drug-likeness (QED) is 0.389. The number of piperidine rings is 1. The highest BCUT2D eigenvalue weighted by Gasteiger charge is 2.28. The van der Waals surface area contributed by atoms with Crippen molar-refractivity contribution in [2.75, 3.05) is 52.4 Å². The van der Waals surface area contributed by atoms with Crippen LogP contribution < -0.4 is 4.74 Å². The van der Waals surface area contributed by atoms with Gasteiger partial charge in [-0.15, -0.1) is 11.3 Å². The van der Waals surface area contributed by atoms with E-state index in [1.54, 1.807) is 11.3 Å². The Labute approximate surface area is 241 Å². The van der Waals surface area contributed by atoms with Gasteiger partial charge in [0.05, 0.1) is 5.01 Å². The minimum absolute atomic E-state index is 0.0152. The van der Waals surface area contributed by atoms with Gasteiger partial charge >= 0.3 is 0 Å². The molecule has 5 rings (SSSR count). The van der Waals surface area contributed by atoms with E-state index >= 15 is 0 Å². The van der Waals surface area contributed by atoms with Crippen molar-refractivity contribution in [3.05, 3.63) is 87.4 Å². The average molecular weight is 559 g/mol. The number of piperazine rings is 1. The van der Waals surface area contributed by atoms with Crippen molar-refractivity contribution in [3.8, 4) is 5.75 Å². The number of carbonyl (C=O) groups is 2. The molecule has 0 saturated carbocycles. The van der Waals surface area contributed by atoms with Crippen molar-refractivity contribution in [2.45, 2.75) is 32.6 Å². The summed E-state index contributed by atoms with van der Waals surface area (Å²) >= 11 is 1.57. The van der Waals surface area contributed by atoms with Gasteiger partial charge < -0.3 is 14.5 Å². The van der Waals surface area contributed by atoms with Crippen LogP contribution in [0.25, 0.3) is 6.08 Å². The number of carbonyl (C=O) groups excluding carboxylic acids is 2. The molecule has 0 radical (unpaired) electrons. The van der Waals surface area contributed by atoms with Crippen molar-refractivity contribution in [1.29, 1.82) is 0 Å². The van der Waals surface area contributed by atoms with Crippen LogP contribution in [0.1, 0.15) is 50.9 Å². The summed E-state index contributed by atoms with van der Waals surface area (Å²) in [5, 5.41) is 2.91. The Kier molecular flexibility index (Phi) is 9.29. The van der Waals surface area contributed by atoms with Gasteiger partial charge in [0, 0.05) is 57.1 Å². The molecule has 40 heavy (non-hydrogen) atoms. The van der Waals surface area contributed by atoms with E-state index in [0.717, 1.165) is 61.9 Å². The maximum absolute atomic E-state index is 13.1. The van der Waals surface area contributed by atoms with Crippen LogP contribution >= 0.6 is 11.3 Å². The SMILES string of the molecule is Cc1ccc(OCC(=O)N2CCC(c3nc(C(=O)N4CCN(CC=Cc5ccccc5)CC4)cs3)CC2)cc1C. The smallest absolute Gasteiger partial charge is 0.273 e. The fraction of sp³-hybridized carbons (Fsp3) is 0.406. The zero-order chi connectivity index (χ0) is 27.9. The van der Waals surface area contributed by atoms with Gasteiger partial charge in [-0.05, 0) is 55.5 Å². The van der Waals surface area contributed by atoms with Crippen LogP contribution in [0.2, 0.25) is 0 Å². The molecule has 210 valence electrons. The number of hydrogen-bond donors (Lipinski definition) is 0. The van der Waals surface area contributed by atoms with Gasteiger partial charge in [0.15, 0.2) is 6.61 Å². The maximum Gasteiger partial charge on any atom is 0.273 e. The third-order valence-corrected chi connectivity index (χ3v) is 8.92. The van der Waals surface area contributed by atoms with Gasteiger partial charge in [0.25, 0.3) is 11.8 Å². The second-order valence-electron chi connectivity index (χ2n) is 10.7. The number of aryl methyl sites for hydroxylation is 2. The fourth-order valence-electron chi connectivity index (χ4n) is 5.19. The van der Waals surface area contributed by atoms with Gasteiger partial charge in [0.1, 0.15) is 11.4 Å². The van der Waals surface area contributed by atoms with E-state index in [0.29, 0.717) is 18.8 Å². The van der Waals surface area contributed by atoms with Crippen molar-refractivity contribution in [1.82, 2.24) is 19.7 Å². The molecule has 2 amide bonds. The van der Waals surface area contributed by atoms with Crippen LogP contribution in [0.5, 0.6) is 5.75 Å². The largest absolute Gasteiger partial charge is 0.484 e. The Morgan fingerprint density at radius 3 is 2.42 bits per heavy atom. The molecule has 2 aromatic carbocycles. The Bertz CT molecular complexity index is 1320. The lowest BCUT2D eigenvalue weighted by Gasteiger charge is -2.33. The van der Waals surface area contributed by atoms with E-state index in [-0.39, 0.29) is 24.3 Å². The van der Waals surface area contributed by atoms with Crippen molar-refractivity contribution < 1.29 is 14.3 Å². The summed E-state index contributed by atoms with van der Waals surface area (Å²) in [4.78, 5) is 36.8. The number of ether oxygens (including phenoxy) is 1. The standard InChI is InChI=1S/C32H38N4O3S/c1-24-10-11-28(21-25(24)2)39-22-30(37)35-15-12-27(13-16-35)31-33-29(23-40-31)32(38)36-19-17-34(18-20-36)14-6-9-26-7-4-3-5-8-26/h3-11,21,23,27H,12-20,22H2,1-2H3. The monoisotopic (exact) mass is 558 g/mol. The molecule has 0 N–H and O–H groups in total. The van der Waals surface area contributed by atoms with Gasteiger partial charge in [-0.2, -0.15) is 0 Å². The van der Waals surface area contributed by atoms with Crippen molar-refractivity contribution >= 4 is 29.2 Å². The zero-order valence-corrected chi connectivity index (χ0v) is 24.2. The molecule has 0 unspecified atom stereocenters. The van der Waals surface area contributed by atoms with Crippen LogP contribution in [0.4, 0.5) is 0 Å². The number of thiazole rings is 1. The van der Waals surface area contributed by atoms with E-state index in [1.165, 1.54) is 11.1 Å². The Morgan fingerprint density at radius 1 is 0.950 bits per heavy atom. The van der Waals surface area contributed by atoms with Crippen LogP contribution in [0, 0.1) is 13.8 Å². The van der Waals surface area contributed by atoms with Crippen molar-refractivity contribution in [3.63, 3.8) is 0 Å². The van der Waals surface area contributed by atoms with Gasteiger partial charge in [0.2, 0.25) is 0 Å². The summed E-state index contributed by atoms with van der Waals surface area (Å²) < 4.78 is 5.75. The summed E-state index contributed by atoms with van der Waals surface area (Å²) in [6, 6.07) is 16.2. The summed E-state index contributed by atoms with van der Waals surface area (Å²) in [6.07, 6.45) is 6.04. The molecule has 8 heteroatoms. The summed E-state index contributed by atoms with van der Waals surface area (Å²) in [5.41, 5.74) is 4.12. The molecule has 7 nitrogen and oxygen atoms in total. The molecule has 0 spiro atoms. The third-order valence-electron chi connectivity index (χ3n) is 7.91. The number of aromatic nitrogens is 1. The minimum atomic E-state index is 0.0152. The molecular weight excluding hydrogens is 520 g/mol. The molecular formula is C32H38N4O3S. The molecule has 0 aliphatic carbocycles. The number of nitrogens with zero attached hydrogens (tertiary/aromatic N) is 4. The first kappa shape index (κ1) is 28.1. The number of hydrogen-bond acceptors (Lipinski definition) is 6. The molecule has 3 heterocycles. The third kappa shape index (κ3) is 7.17. The Morgan fingerprint density at radius 2 is 1.70 bits per heavy atom. The number of rotatable bonds is 8. The molecule has 2 aliphatic rings. The maximum atomic E-state index is 13.1. The first-order valence-corrected chi connectivity index (χ1v) is 15.0. The second-order valence-corrected chi connectivity index (χ2v) is 11.6. The predicted molar refractivity (Wildman–Crippen MR) is 160 cm³/mol. The highest BCUT2D eigenvalue weighted by molar-refractivity contribution is 7.09. The van der Waals surface area contributed by atoms with Crippen LogP contribution in [-0.4, -0.2) is 83.9 Å². The number of benzene rings is 2.